The van der Waals surface area contributed by atoms with Crippen molar-refractivity contribution in [1.29, 1.82) is 0 Å². The molecule has 1 aromatic heterocycles. The Labute approximate surface area is 140 Å². The number of nitrogens with zero attached hydrogens (tertiary/aromatic N) is 1. The van der Waals surface area contributed by atoms with E-state index in [2.05, 4.69) is 10.3 Å². The van der Waals surface area contributed by atoms with E-state index in [0.29, 0.717) is 10.7 Å². The molecule has 122 valence electrons. The molecule has 0 spiro atoms. The third-order valence-electron chi connectivity index (χ3n) is 3.55. The molecular formula is C17H20ClN3O2. The highest BCUT2D eigenvalue weighted by atomic mass is 35.5. The molecule has 1 heterocycles. The number of likely N-dealkylation sites (N-methyl/N-ethyl adjacent to an activating group) is 1. The monoisotopic (exact) mass is 333 g/mol. The van der Waals surface area contributed by atoms with Crippen LogP contribution in [0, 0.1) is 20.8 Å². The molecule has 6 heteroatoms. The summed E-state index contributed by atoms with van der Waals surface area (Å²) in [5.74, 6) is -0.530. The normalized spacial score (nSPS) is 10.5. The second kappa shape index (κ2) is 6.87. The fourth-order valence-electron chi connectivity index (χ4n) is 2.54. The smallest absolute Gasteiger partial charge is 0.270 e. The van der Waals surface area contributed by atoms with E-state index in [-0.39, 0.29) is 18.4 Å². The van der Waals surface area contributed by atoms with E-state index in [0.717, 1.165) is 22.4 Å². The predicted octanol–water partition coefficient (Wildman–Crippen LogP) is 3.30. The van der Waals surface area contributed by atoms with Crippen LogP contribution in [0.4, 0.5) is 5.69 Å². The molecule has 0 aliphatic heterocycles. The average Bonchev–Trinajstić information content (AvgIpc) is 2.88. The lowest BCUT2D eigenvalue weighted by atomic mass is 10.1. The topological polar surface area (TPSA) is 65.2 Å². The van der Waals surface area contributed by atoms with Crippen LogP contribution >= 0.6 is 11.6 Å². The number of aromatic amines is 1. The molecule has 2 N–H and O–H groups in total. The molecule has 1 aromatic carbocycles. The zero-order valence-electron chi connectivity index (χ0n) is 13.7. The van der Waals surface area contributed by atoms with Gasteiger partial charge >= 0.3 is 0 Å². The third-order valence-corrected chi connectivity index (χ3v) is 3.77. The van der Waals surface area contributed by atoms with Crippen LogP contribution in [0.5, 0.6) is 0 Å². The number of hydrogen-bond donors (Lipinski definition) is 2. The SMILES string of the molecule is Cc1cc(C)c(NC(=O)CN(C)C(=O)c2cc(Cl)c[nH]2)c(C)c1. The van der Waals surface area contributed by atoms with Gasteiger partial charge in [0.2, 0.25) is 5.91 Å². The summed E-state index contributed by atoms with van der Waals surface area (Å²) in [6.45, 7) is 5.87. The van der Waals surface area contributed by atoms with Gasteiger partial charge in [0.1, 0.15) is 5.69 Å². The Bertz CT molecular complexity index is 729. The summed E-state index contributed by atoms with van der Waals surface area (Å²) in [4.78, 5) is 28.5. The van der Waals surface area contributed by atoms with Gasteiger partial charge in [0.05, 0.1) is 11.6 Å². The number of carbonyl (C=O) groups is 2. The Morgan fingerprint density at radius 1 is 1.17 bits per heavy atom. The number of amides is 2. The number of H-pyrrole nitrogens is 1. The van der Waals surface area contributed by atoms with E-state index < -0.39 is 0 Å². The van der Waals surface area contributed by atoms with Crippen molar-refractivity contribution in [2.24, 2.45) is 0 Å². The van der Waals surface area contributed by atoms with Crippen LogP contribution in [-0.2, 0) is 4.79 Å². The molecule has 0 aliphatic carbocycles. The van der Waals surface area contributed by atoms with Crippen LogP contribution in [0.25, 0.3) is 0 Å². The van der Waals surface area contributed by atoms with E-state index in [9.17, 15) is 9.59 Å². The van der Waals surface area contributed by atoms with Gasteiger partial charge in [0, 0.05) is 18.9 Å². The molecule has 0 radical (unpaired) electrons. The fourth-order valence-corrected chi connectivity index (χ4v) is 2.70. The first-order chi connectivity index (χ1) is 10.8. The van der Waals surface area contributed by atoms with E-state index in [4.69, 9.17) is 11.6 Å². The standard InChI is InChI=1S/C17H20ClN3O2/c1-10-5-11(2)16(12(3)6-10)20-15(22)9-21(4)17(23)14-7-13(18)8-19-14/h5-8,19H,9H2,1-4H3,(H,20,22). The van der Waals surface area contributed by atoms with Crippen LogP contribution in [0.3, 0.4) is 0 Å². The summed E-state index contributed by atoms with van der Waals surface area (Å²) in [5.41, 5.74) is 4.30. The quantitative estimate of drug-likeness (QED) is 0.901. The minimum Gasteiger partial charge on any atom is -0.356 e. The highest BCUT2D eigenvalue weighted by Crippen LogP contribution is 2.21. The Kier molecular flexibility index (Phi) is 5.11. The van der Waals surface area contributed by atoms with Crippen molar-refractivity contribution >= 4 is 29.1 Å². The van der Waals surface area contributed by atoms with Gasteiger partial charge in [-0.05, 0) is 38.0 Å². The van der Waals surface area contributed by atoms with Crippen molar-refractivity contribution in [1.82, 2.24) is 9.88 Å². The zero-order chi connectivity index (χ0) is 17.1. The minimum absolute atomic E-state index is 0.0395. The van der Waals surface area contributed by atoms with Crippen molar-refractivity contribution in [3.8, 4) is 0 Å². The molecule has 0 saturated carbocycles. The van der Waals surface area contributed by atoms with E-state index in [1.54, 1.807) is 7.05 Å². The molecule has 0 unspecified atom stereocenters. The zero-order valence-corrected chi connectivity index (χ0v) is 14.4. The maximum atomic E-state index is 12.2. The number of hydrogen-bond acceptors (Lipinski definition) is 2. The molecule has 5 nitrogen and oxygen atoms in total. The Morgan fingerprint density at radius 3 is 2.30 bits per heavy atom. The minimum atomic E-state index is -0.288. The molecule has 0 bridgehead atoms. The lowest BCUT2D eigenvalue weighted by Gasteiger charge is -2.18. The highest BCUT2D eigenvalue weighted by Gasteiger charge is 2.17. The molecule has 0 saturated heterocycles. The number of anilines is 1. The summed E-state index contributed by atoms with van der Waals surface area (Å²) in [6, 6.07) is 5.56. The third kappa shape index (κ3) is 4.13. The van der Waals surface area contributed by atoms with Crippen LogP contribution < -0.4 is 5.32 Å². The van der Waals surface area contributed by atoms with Crippen LogP contribution in [0.2, 0.25) is 5.02 Å². The largest absolute Gasteiger partial charge is 0.356 e. The molecule has 2 amide bonds. The van der Waals surface area contributed by atoms with Gasteiger partial charge < -0.3 is 15.2 Å². The van der Waals surface area contributed by atoms with Crippen molar-refractivity contribution in [2.45, 2.75) is 20.8 Å². The molecule has 0 atom stereocenters. The second-order valence-corrected chi connectivity index (χ2v) is 6.15. The van der Waals surface area contributed by atoms with Crippen molar-refractivity contribution in [2.75, 3.05) is 18.9 Å². The summed E-state index contributed by atoms with van der Waals surface area (Å²) in [5, 5.41) is 3.33. The molecule has 0 fully saturated rings. The Morgan fingerprint density at radius 2 is 1.78 bits per heavy atom. The number of aryl methyl sites for hydroxylation is 3. The molecule has 23 heavy (non-hydrogen) atoms. The fraction of sp³-hybridized carbons (Fsp3) is 0.294. The first kappa shape index (κ1) is 17.1. The molecular weight excluding hydrogens is 314 g/mol. The van der Waals surface area contributed by atoms with Gasteiger partial charge in [-0.25, -0.2) is 0 Å². The van der Waals surface area contributed by atoms with Gasteiger partial charge in [-0.2, -0.15) is 0 Å². The lowest BCUT2D eigenvalue weighted by Crippen LogP contribution is -2.35. The highest BCUT2D eigenvalue weighted by molar-refractivity contribution is 6.31. The van der Waals surface area contributed by atoms with Gasteiger partial charge in [0.25, 0.3) is 5.91 Å². The first-order valence-electron chi connectivity index (χ1n) is 7.25. The van der Waals surface area contributed by atoms with Crippen molar-refractivity contribution < 1.29 is 9.59 Å². The Hall–Kier alpha value is -2.27. The number of halogens is 1. The van der Waals surface area contributed by atoms with Gasteiger partial charge in [-0.15, -0.1) is 0 Å². The number of rotatable bonds is 4. The van der Waals surface area contributed by atoms with Gasteiger partial charge in [-0.3, -0.25) is 9.59 Å². The summed E-state index contributed by atoms with van der Waals surface area (Å²) in [6.07, 6.45) is 1.53. The first-order valence-corrected chi connectivity index (χ1v) is 7.63. The number of carbonyl (C=O) groups excluding carboxylic acids is 2. The Balaban J connectivity index is 2.03. The number of benzene rings is 1. The van der Waals surface area contributed by atoms with Crippen LogP contribution in [0.15, 0.2) is 24.4 Å². The van der Waals surface area contributed by atoms with Crippen LogP contribution in [0.1, 0.15) is 27.2 Å². The van der Waals surface area contributed by atoms with Gasteiger partial charge in [-0.1, -0.05) is 29.3 Å². The van der Waals surface area contributed by atoms with Crippen molar-refractivity contribution in [3.05, 3.63) is 51.8 Å². The van der Waals surface area contributed by atoms with Crippen LogP contribution in [-0.4, -0.2) is 35.3 Å². The second-order valence-electron chi connectivity index (χ2n) is 5.71. The van der Waals surface area contributed by atoms with E-state index in [1.807, 2.05) is 32.9 Å². The average molecular weight is 334 g/mol. The van der Waals surface area contributed by atoms with Gasteiger partial charge in [0.15, 0.2) is 0 Å². The summed E-state index contributed by atoms with van der Waals surface area (Å²) in [7, 11) is 1.57. The maximum absolute atomic E-state index is 12.2. The molecule has 2 rings (SSSR count). The number of aromatic nitrogens is 1. The molecule has 2 aromatic rings. The molecule has 0 aliphatic rings. The van der Waals surface area contributed by atoms with Crippen molar-refractivity contribution in [3.63, 3.8) is 0 Å². The number of nitrogens with one attached hydrogen (secondary N) is 2. The van der Waals surface area contributed by atoms with E-state index >= 15 is 0 Å². The lowest BCUT2D eigenvalue weighted by molar-refractivity contribution is -0.116. The maximum Gasteiger partial charge on any atom is 0.270 e. The predicted molar refractivity (Wildman–Crippen MR) is 92.0 cm³/mol. The summed E-state index contributed by atoms with van der Waals surface area (Å²) < 4.78 is 0. The summed E-state index contributed by atoms with van der Waals surface area (Å²) >= 11 is 5.79. The van der Waals surface area contributed by atoms with E-state index in [1.165, 1.54) is 17.2 Å².